The number of hydrogen-bond acceptors (Lipinski definition) is 2. The zero-order valence-electron chi connectivity index (χ0n) is 16.7. The Kier molecular flexibility index (Phi) is 7.31. The van der Waals surface area contributed by atoms with E-state index >= 15 is 0 Å². The molecule has 2 atom stereocenters. The lowest BCUT2D eigenvalue weighted by molar-refractivity contribution is -0.137. The molecule has 4 heteroatoms. The number of benzene rings is 1. The van der Waals surface area contributed by atoms with Gasteiger partial charge in [0.15, 0.2) is 0 Å². The molecule has 0 spiro atoms. The van der Waals surface area contributed by atoms with Crippen LogP contribution >= 0.6 is 0 Å². The number of carbonyl (C=O) groups is 2. The van der Waals surface area contributed by atoms with Crippen molar-refractivity contribution in [3.05, 3.63) is 35.9 Å². The van der Waals surface area contributed by atoms with E-state index in [0.29, 0.717) is 12.6 Å². The monoisotopic (exact) mass is 370 g/mol. The molecule has 0 aromatic heterocycles. The van der Waals surface area contributed by atoms with Crippen molar-refractivity contribution in [2.45, 2.75) is 76.7 Å². The first-order chi connectivity index (χ1) is 13.2. The van der Waals surface area contributed by atoms with Crippen LogP contribution in [0.4, 0.5) is 0 Å². The van der Waals surface area contributed by atoms with E-state index in [2.05, 4.69) is 24.4 Å². The lowest BCUT2D eigenvalue weighted by Gasteiger charge is -2.35. The van der Waals surface area contributed by atoms with Gasteiger partial charge in [-0.2, -0.15) is 0 Å². The average molecular weight is 371 g/mol. The summed E-state index contributed by atoms with van der Waals surface area (Å²) < 4.78 is 0. The van der Waals surface area contributed by atoms with Crippen LogP contribution in [-0.4, -0.2) is 35.8 Å². The highest BCUT2D eigenvalue weighted by Gasteiger charge is 2.32. The molecular weight excluding hydrogens is 336 g/mol. The Hall–Kier alpha value is -1.84. The summed E-state index contributed by atoms with van der Waals surface area (Å²) in [6, 6.07) is 10.4. The topological polar surface area (TPSA) is 49.4 Å². The summed E-state index contributed by atoms with van der Waals surface area (Å²) in [5, 5.41) is 3.26. The summed E-state index contributed by atoms with van der Waals surface area (Å²) >= 11 is 0. The fraction of sp³-hybridized carbons (Fsp3) is 0.652. The maximum absolute atomic E-state index is 13.2. The molecule has 1 saturated carbocycles. The van der Waals surface area contributed by atoms with Crippen LogP contribution in [0.25, 0.3) is 0 Å². The first-order valence-corrected chi connectivity index (χ1v) is 10.8. The Labute approximate surface area is 163 Å². The Balaban J connectivity index is 1.61. The highest BCUT2D eigenvalue weighted by molar-refractivity contribution is 5.85. The van der Waals surface area contributed by atoms with Gasteiger partial charge in [0.2, 0.25) is 11.8 Å². The van der Waals surface area contributed by atoms with Crippen LogP contribution in [0.5, 0.6) is 0 Å². The molecule has 3 rings (SSSR count). The van der Waals surface area contributed by atoms with E-state index in [0.717, 1.165) is 50.6 Å². The van der Waals surface area contributed by atoms with Gasteiger partial charge >= 0.3 is 0 Å². The molecule has 1 aromatic carbocycles. The minimum absolute atomic E-state index is 0.0531. The number of piperidine rings is 1. The van der Waals surface area contributed by atoms with Crippen LogP contribution in [0.1, 0.15) is 76.2 Å². The predicted molar refractivity (Wildman–Crippen MR) is 108 cm³/mol. The van der Waals surface area contributed by atoms with Crippen molar-refractivity contribution in [2.75, 3.05) is 13.1 Å². The third-order valence-corrected chi connectivity index (χ3v) is 6.13. The van der Waals surface area contributed by atoms with Crippen molar-refractivity contribution in [1.29, 1.82) is 0 Å². The number of hydrogen-bond donors (Lipinski definition) is 1. The number of nitrogens with zero attached hydrogens (tertiary/aromatic N) is 1. The van der Waals surface area contributed by atoms with Gasteiger partial charge < -0.3 is 10.2 Å². The second-order valence-corrected chi connectivity index (χ2v) is 8.22. The van der Waals surface area contributed by atoms with E-state index in [1.54, 1.807) is 0 Å². The smallest absolute Gasteiger partial charge is 0.230 e. The van der Waals surface area contributed by atoms with E-state index in [1.807, 2.05) is 23.1 Å². The van der Waals surface area contributed by atoms with Crippen molar-refractivity contribution in [3.63, 3.8) is 0 Å². The Morgan fingerprint density at radius 1 is 1.07 bits per heavy atom. The van der Waals surface area contributed by atoms with Gasteiger partial charge in [0, 0.05) is 19.1 Å². The van der Waals surface area contributed by atoms with Gasteiger partial charge in [-0.3, -0.25) is 9.59 Å². The van der Waals surface area contributed by atoms with Gasteiger partial charge in [-0.25, -0.2) is 0 Å². The molecule has 4 nitrogen and oxygen atoms in total. The third kappa shape index (κ3) is 5.33. The molecule has 1 heterocycles. The van der Waals surface area contributed by atoms with Gasteiger partial charge in [-0.15, -0.1) is 0 Å². The highest BCUT2D eigenvalue weighted by Crippen LogP contribution is 2.27. The Morgan fingerprint density at radius 3 is 2.52 bits per heavy atom. The number of carbonyl (C=O) groups excluding carboxylic acids is 2. The predicted octanol–water partition coefficient (Wildman–Crippen LogP) is 4.26. The molecular formula is C23H34N2O2. The second kappa shape index (κ2) is 9.91. The molecule has 2 unspecified atom stereocenters. The molecule has 148 valence electrons. The van der Waals surface area contributed by atoms with Gasteiger partial charge in [0.05, 0.1) is 11.8 Å². The zero-order chi connectivity index (χ0) is 19.1. The molecule has 2 amide bonds. The minimum atomic E-state index is -0.0867. The summed E-state index contributed by atoms with van der Waals surface area (Å²) in [7, 11) is 0. The van der Waals surface area contributed by atoms with Gasteiger partial charge in [-0.05, 0) is 37.7 Å². The van der Waals surface area contributed by atoms with E-state index in [9.17, 15) is 9.59 Å². The SMILES string of the molecule is CCCC(C(=O)N1CCCC(C(=O)NC2CCCCC2)C1)c1ccccc1. The molecule has 27 heavy (non-hydrogen) atoms. The average Bonchev–Trinajstić information content (AvgIpc) is 2.73. The van der Waals surface area contributed by atoms with Crippen LogP contribution in [0.15, 0.2) is 30.3 Å². The maximum atomic E-state index is 13.2. The quantitative estimate of drug-likeness (QED) is 0.813. The molecule has 2 aliphatic rings. The number of likely N-dealkylation sites (tertiary alicyclic amines) is 1. The van der Waals surface area contributed by atoms with Crippen molar-refractivity contribution in [2.24, 2.45) is 5.92 Å². The molecule has 1 saturated heterocycles. The number of nitrogens with one attached hydrogen (secondary N) is 1. The molecule has 1 aliphatic heterocycles. The highest BCUT2D eigenvalue weighted by atomic mass is 16.2. The molecule has 1 N–H and O–H groups in total. The Morgan fingerprint density at radius 2 is 1.81 bits per heavy atom. The van der Waals surface area contributed by atoms with Gasteiger partial charge in [-0.1, -0.05) is 62.9 Å². The lowest BCUT2D eigenvalue weighted by Crippen LogP contribution is -2.48. The number of rotatable bonds is 6. The lowest BCUT2D eigenvalue weighted by atomic mass is 9.90. The third-order valence-electron chi connectivity index (χ3n) is 6.13. The van der Waals surface area contributed by atoms with Crippen LogP contribution < -0.4 is 5.32 Å². The van der Waals surface area contributed by atoms with E-state index in [4.69, 9.17) is 0 Å². The molecule has 2 fully saturated rings. The molecule has 0 bridgehead atoms. The van der Waals surface area contributed by atoms with Crippen LogP contribution in [0.3, 0.4) is 0 Å². The van der Waals surface area contributed by atoms with E-state index in [-0.39, 0.29) is 23.7 Å². The molecule has 0 radical (unpaired) electrons. The zero-order valence-corrected chi connectivity index (χ0v) is 16.7. The Bertz CT molecular complexity index is 610. The van der Waals surface area contributed by atoms with E-state index < -0.39 is 0 Å². The summed E-state index contributed by atoms with van der Waals surface area (Å²) in [5.41, 5.74) is 1.10. The fourth-order valence-electron chi connectivity index (χ4n) is 4.58. The van der Waals surface area contributed by atoms with Crippen LogP contribution in [0, 0.1) is 5.92 Å². The van der Waals surface area contributed by atoms with Gasteiger partial charge in [0.25, 0.3) is 0 Å². The van der Waals surface area contributed by atoms with Crippen molar-refractivity contribution in [3.8, 4) is 0 Å². The minimum Gasteiger partial charge on any atom is -0.353 e. The summed E-state index contributed by atoms with van der Waals surface area (Å²) in [4.78, 5) is 27.9. The van der Waals surface area contributed by atoms with Crippen LogP contribution in [-0.2, 0) is 9.59 Å². The van der Waals surface area contributed by atoms with Crippen LogP contribution in [0.2, 0.25) is 0 Å². The summed E-state index contributed by atoms with van der Waals surface area (Å²) in [5.74, 6) is 0.211. The fourth-order valence-corrected chi connectivity index (χ4v) is 4.58. The largest absolute Gasteiger partial charge is 0.353 e. The maximum Gasteiger partial charge on any atom is 0.230 e. The molecule has 1 aromatic rings. The number of amides is 2. The standard InChI is InChI=1S/C23H34N2O2/c1-2-10-21(18-11-5-3-6-12-18)23(27)25-16-9-13-19(17-25)22(26)24-20-14-7-4-8-15-20/h3,5-6,11-12,19-21H,2,4,7-10,13-17H2,1H3,(H,24,26). The second-order valence-electron chi connectivity index (χ2n) is 8.22. The normalized spacial score (nSPS) is 22.3. The first-order valence-electron chi connectivity index (χ1n) is 10.8. The first kappa shape index (κ1) is 19.9. The van der Waals surface area contributed by atoms with Crippen molar-refractivity contribution < 1.29 is 9.59 Å². The summed E-state index contributed by atoms with van der Waals surface area (Å²) in [6.45, 7) is 3.48. The van der Waals surface area contributed by atoms with Crippen molar-refractivity contribution in [1.82, 2.24) is 10.2 Å². The van der Waals surface area contributed by atoms with Crippen molar-refractivity contribution >= 4 is 11.8 Å². The van der Waals surface area contributed by atoms with Gasteiger partial charge in [0.1, 0.15) is 0 Å². The molecule has 1 aliphatic carbocycles. The summed E-state index contributed by atoms with van der Waals surface area (Å²) in [6.07, 6.45) is 9.58. The van der Waals surface area contributed by atoms with E-state index in [1.165, 1.54) is 19.3 Å².